The third-order valence-corrected chi connectivity index (χ3v) is 4.47. The second kappa shape index (κ2) is 8.08. The van der Waals surface area contributed by atoms with Crippen LogP contribution in [0.25, 0.3) is 11.0 Å². The quantitative estimate of drug-likeness (QED) is 0.504. The number of carbonyl (C=O) groups is 2. The van der Waals surface area contributed by atoms with Crippen LogP contribution in [0.4, 0.5) is 14.5 Å². The number of nitriles is 1. The van der Waals surface area contributed by atoms with E-state index in [-0.39, 0.29) is 28.1 Å². The predicted octanol–water partition coefficient (Wildman–Crippen LogP) is 4.26. The molecule has 0 bridgehead atoms. The van der Waals surface area contributed by atoms with Crippen molar-refractivity contribution < 1.29 is 18.4 Å². The molecule has 1 amide bonds. The highest BCUT2D eigenvalue weighted by molar-refractivity contribution is 6.11. The molecule has 31 heavy (non-hydrogen) atoms. The average Bonchev–Trinajstić information content (AvgIpc) is 2.79. The number of nitrogens with one attached hydrogen (secondary N) is 1. The molecular weight excluding hydrogens is 402 g/mol. The lowest BCUT2D eigenvalue weighted by molar-refractivity contribution is 0.101. The molecule has 0 aliphatic heterocycles. The summed E-state index contributed by atoms with van der Waals surface area (Å²) in [5.41, 5.74) is 1.02. The topological polar surface area (TPSA) is 95.7 Å². The second-order valence-corrected chi connectivity index (χ2v) is 6.56. The number of rotatable bonds is 4. The summed E-state index contributed by atoms with van der Waals surface area (Å²) in [5.74, 6) is -2.58. The number of anilines is 1. The molecule has 0 unspecified atom stereocenters. The van der Waals surface area contributed by atoms with Crippen LogP contribution >= 0.6 is 0 Å². The zero-order valence-corrected chi connectivity index (χ0v) is 15.8. The minimum Gasteiger partial charge on any atom is -0.322 e. The van der Waals surface area contributed by atoms with Crippen molar-refractivity contribution in [1.82, 2.24) is 9.97 Å². The van der Waals surface area contributed by atoms with Crippen LogP contribution in [0.15, 0.2) is 66.9 Å². The van der Waals surface area contributed by atoms with Crippen molar-refractivity contribution in [3.05, 3.63) is 101 Å². The van der Waals surface area contributed by atoms with E-state index >= 15 is 0 Å². The number of nitrogens with zero attached hydrogens (tertiary/aromatic N) is 3. The molecule has 1 heterocycles. The van der Waals surface area contributed by atoms with Gasteiger partial charge in [-0.2, -0.15) is 5.26 Å². The summed E-state index contributed by atoms with van der Waals surface area (Å²) >= 11 is 0. The van der Waals surface area contributed by atoms with Gasteiger partial charge < -0.3 is 5.32 Å². The van der Waals surface area contributed by atoms with Gasteiger partial charge in [-0.3, -0.25) is 14.6 Å². The molecular formula is C23H12F2N4O2. The summed E-state index contributed by atoms with van der Waals surface area (Å²) in [4.78, 5) is 33.4. The molecule has 0 saturated carbocycles. The van der Waals surface area contributed by atoms with Gasteiger partial charge in [-0.25, -0.2) is 13.8 Å². The first-order valence-electron chi connectivity index (χ1n) is 9.02. The van der Waals surface area contributed by atoms with Crippen molar-refractivity contribution in [2.24, 2.45) is 0 Å². The van der Waals surface area contributed by atoms with Crippen molar-refractivity contribution in [1.29, 1.82) is 5.26 Å². The first kappa shape index (κ1) is 19.8. The molecule has 0 aliphatic carbocycles. The molecule has 150 valence electrons. The molecule has 0 saturated heterocycles. The largest absolute Gasteiger partial charge is 0.322 e. The number of fused-ring (bicyclic) bond motifs is 1. The molecule has 0 atom stereocenters. The Morgan fingerprint density at radius 3 is 2.55 bits per heavy atom. The van der Waals surface area contributed by atoms with Gasteiger partial charge in [0.25, 0.3) is 5.91 Å². The number of halogens is 2. The van der Waals surface area contributed by atoms with Crippen molar-refractivity contribution in [2.75, 3.05) is 5.32 Å². The number of hydrogen-bond donors (Lipinski definition) is 1. The van der Waals surface area contributed by atoms with Crippen molar-refractivity contribution >= 4 is 28.4 Å². The Hall–Kier alpha value is -4.51. The number of carbonyl (C=O) groups excluding carboxylic acids is 2. The van der Waals surface area contributed by atoms with E-state index < -0.39 is 23.3 Å². The number of ketones is 1. The molecule has 3 aromatic carbocycles. The van der Waals surface area contributed by atoms with Gasteiger partial charge in [-0.05, 0) is 54.6 Å². The predicted molar refractivity (Wildman–Crippen MR) is 108 cm³/mol. The van der Waals surface area contributed by atoms with Gasteiger partial charge in [-0.1, -0.05) is 6.07 Å². The lowest BCUT2D eigenvalue weighted by atomic mass is 10.0. The molecule has 0 radical (unpaired) electrons. The van der Waals surface area contributed by atoms with Crippen LogP contribution in [0.3, 0.4) is 0 Å². The number of hydrogen-bond acceptors (Lipinski definition) is 5. The maximum absolute atomic E-state index is 14.4. The third-order valence-electron chi connectivity index (χ3n) is 4.47. The van der Waals surface area contributed by atoms with Gasteiger partial charge in [0.05, 0.1) is 22.8 Å². The minimum atomic E-state index is -0.772. The fourth-order valence-corrected chi connectivity index (χ4v) is 2.97. The summed E-state index contributed by atoms with van der Waals surface area (Å²) in [7, 11) is 0. The number of aromatic nitrogens is 2. The van der Waals surface area contributed by atoms with Crippen LogP contribution in [-0.4, -0.2) is 21.7 Å². The molecule has 1 aromatic heterocycles. The van der Waals surface area contributed by atoms with E-state index in [9.17, 15) is 18.4 Å². The third kappa shape index (κ3) is 4.11. The SMILES string of the molecule is N#Cc1cnc2ccc(C(=O)c3cc(NC(=O)c4cccc(F)c4)ccc3F)cc2n1. The molecule has 8 heteroatoms. The Morgan fingerprint density at radius 2 is 1.77 bits per heavy atom. The van der Waals surface area contributed by atoms with E-state index in [0.29, 0.717) is 11.0 Å². The van der Waals surface area contributed by atoms with Gasteiger partial charge in [-0.15, -0.1) is 0 Å². The Balaban J connectivity index is 1.65. The van der Waals surface area contributed by atoms with Crippen molar-refractivity contribution in [3.8, 4) is 6.07 Å². The maximum Gasteiger partial charge on any atom is 0.255 e. The van der Waals surface area contributed by atoms with Crippen LogP contribution in [-0.2, 0) is 0 Å². The lowest BCUT2D eigenvalue weighted by Gasteiger charge is -2.09. The number of benzene rings is 3. The molecule has 4 rings (SSSR count). The highest BCUT2D eigenvalue weighted by Gasteiger charge is 2.17. The molecule has 6 nitrogen and oxygen atoms in total. The van der Waals surface area contributed by atoms with Crippen molar-refractivity contribution in [3.63, 3.8) is 0 Å². The van der Waals surface area contributed by atoms with E-state index in [1.165, 1.54) is 48.7 Å². The summed E-state index contributed by atoms with van der Waals surface area (Å²) in [6.45, 7) is 0. The molecule has 0 aliphatic rings. The van der Waals surface area contributed by atoms with Gasteiger partial charge in [0, 0.05) is 16.8 Å². The van der Waals surface area contributed by atoms with Crippen LogP contribution in [0.2, 0.25) is 0 Å². The number of amides is 1. The molecule has 0 spiro atoms. The highest BCUT2D eigenvalue weighted by atomic mass is 19.1. The fourth-order valence-electron chi connectivity index (χ4n) is 2.97. The molecule has 1 N–H and O–H groups in total. The lowest BCUT2D eigenvalue weighted by Crippen LogP contribution is -2.13. The Kier molecular flexibility index (Phi) is 5.16. The molecule has 0 fully saturated rings. The molecule has 4 aromatic rings. The van der Waals surface area contributed by atoms with Gasteiger partial charge in [0.2, 0.25) is 0 Å². The summed E-state index contributed by atoms with van der Waals surface area (Å²) in [5, 5.41) is 11.5. The highest BCUT2D eigenvalue weighted by Crippen LogP contribution is 2.21. The second-order valence-electron chi connectivity index (χ2n) is 6.56. The van der Waals surface area contributed by atoms with E-state index in [2.05, 4.69) is 15.3 Å². The first-order chi connectivity index (χ1) is 14.9. The van der Waals surface area contributed by atoms with Crippen LogP contribution in [0.1, 0.15) is 32.0 Å². The van der Waals surface area contributed by atoms with E-state index in [1.54, 1.807) is 6.07 Å². The van der Waals surface area contributed by atoms with E-state index in [4.69, 9.17) is 5.26 Å². The Morgan fingerprint density at radius 1 is 0.935 bits per heavy atom. The summed E-state index contributed by atoms with van der Waals surface area (Å²) in [6.07, 6.45) is 1.31. The Bertz CT molecular complexity index is 1400. The van der Waals surface area contributed by atoms with E-state index in [1.807, 2.05) is 6.07 Å². The smallest absolute Gasteiger partial charge is 0.255 e. The zero-order chi connectivity index (χ0) is 22.0. The maximum atomic E-state index is 14.4. The van der Waals surface area contributed by atoms with Gasteiger partial charge in [0.15, 0.2) is 11.5 Å². The standard InChI is InChI=1S/C23H12F2N4O2/c24-15-3-1-2-14(8-15)23(31)29-16-5-6-19(25)18(10-16)22(30)13-4-7-20-21(9-13)28-17(11-26)12-27-20/h1-10,12H,(H,29,31). The van der Waals surface area contributed by atoms with Crippen LogP contribution in [0, 0.1) is 23.0 Å². The van der Waals surface area contributed by atoms with E-state index in [0.717, 1.165) is 12.1 Å². The monoisotopic (exact) mass is 414 g/mol. The van der Waals surface area contributed by atoms with Crippen LogP contribution < -0.4 is 5.32 Å². The van der Waals surface area contributed by atoms with Gasteiger partial charge in [0.1, 0.15) is 17.7 Å². The van der Waals surface area contributed by atoms with Gasteiger partial charge >= 0.3 is 0 Å². The zero-order valence-electron chi connectivity index (χ0n) is 15.8. The average molecular weight is 414 g/mol. The fraction of sp³-hybridized carbons (Fsp3) is 0. The minimum absolute atomic E-state index is 0.0820. The normalized spacial score (nSPS) is 10.5. The summed E-state index contributed by atoms with van der Waals surface area (Å²) < 4.78 is 27.7. The summed E-state index contributed by atoms with van der Waals surface area (Å²) in [6, 6.07) is 15.0. The Labute approximate surface area is 174 Å². The van der Waals surface area contributed by atoms with Crippen LogP contribution in [0.5, 0.6) is 0 Å². The first-order valence-corrected chi connectivity index (χ1v) is 9.02. The van der Waals surface area contributed by atoms with Crippen molar-refractivity contribution in [2.45, 2.75) is 0 Å².